The first-order chi connectivity index (χ1) is 18.7. The van der Waals surface area contributed by atoms with Gasteiger partial charge in [0.25, 0.3) is 0 Å². The van der Waals surface area contributed by atoms with Crippen LogP contribution in [0, 0.1) is 0 Å². The number of methoxy groups -OCH3 is 1. The van der Waals surface area contributed by atoms with E-state index in [1.807, 2.05) is 42.5 Å². The zero-order chi connectivity index (χ0) is 26.2. The van der Waals surface area contributed by atoms with Crippen molar-refractivity contribution in [3.05, 3.63) is 58.6 Å². The molecule has 5 rings (SSSR count). The molecule has 2 aliphatic heterocycles. The van der Waals surface area contributed by atoms with Crippen LogP contribution in [-0.4, -0.2) is 54.5 Å². The van der Waals surface area contributed by atoms with Gasteiger partial charge in [0.15, 0.2) is 11.5 Å². The van der Waals surface area contributed by atoms with E-state index in [1.54, 1.807) is 13.3 Å². The Morgan fingerprint density at radius 2 is 1.47 bits per heavy atom. The maximum Gasteiger partial charge on any atom is 0.250 e. The lowest BCUT2D eigenvalue weighted by molar-refractivity contribution is 0.284. The highest BCUT2D eigenvalue weighted by Gasteiger charge is 2.20. The van der Waals surface area contributed by atoms with E-state index in [-0.39, 0.29) is 0 Å². The zero-order valence-corrected chi connectivity index (χ0v) is 22.5. The number of nitrogens with zero attached hydrogens (tertiary/aromatic N) is 6. The minimum absolute atomic E-state index is 0.399. The molecule has 0 spiro atoms. The average molecular weight is 536 g/mol. The second-order valence-corrected chi connectivity index (χ2v) is 9.99. The topological polar surface area (TPSA) is 88.0 Å². The van der Waals surface area contributed by atoms with Crippen molar-refractivity contribution >= 4 is 35.7 Å². The van der Waals surface area contributed by atoms with E-state index in [0.717, 1.165) is 74.9 Å². The van der Waals surface area contributed by atoms with Crippen molar-refractivity contribution < 1.29 is 9.47 Å². The van der Waals surface area contributed by atoms with Gasteiger partial charge in [-0.2, -0.15) is 20.1 Å². The third kappa shape index (κ3) is 6.83. The minimum atomic E-state index is 0.399. The molecule has 0 amide bonds. The van der Waals surface area contributed by atoms with Gasteiger partial charge in [0.2, 0.25) is 17.8 Å². The van der Waals surface area contributed by atoms with Crippen LogP contribution >= 0.6 is 11.6 Å². The fraction of sp³-hybridized carbons (Fsp3) is 0.429. The highest BCUT2D eigenvalue weighted by molar-refractivity contribution is 6.30. The van der Waals surface area contributed by atoms with E-state index in [2.05, 4.69) is 20.3 Å². The summed E-state index contributed by atoms with van der Waals surface area (Å²) in [6.07, 6.45) is 8.86. The van der Waals surface area contributed by atoms with Gasteiger partial charge in [-0.25, -0.2) is 5.43 Å². The van der Waals surface area contributed by atoms with Crippen molar-refractivity contribution in [3.63, 3.8) is 0 Å². The first-order valence-corrected chi connectivity index (χ1v) is 13.7. The molecule has 3 heterocycles. The number of piperidine rings is 2. The van der Waals surface area contributed by atoms with Crippen LogP contribution in [-0.2, 0) is 6.61 Å². The summed E-state index contributed by atoms with van der Waals surface area (Å²) in [7, 11) is 1.63. The van der Waals surface area contributed by atoms with E-state index in [0.29, 0.717) is 29.1 Å². The van der Waals surface area contributed by atoms with E-state index >= 15 is 0 Å². The van der Waals surface area contributed by atoms with Crippen molar-refractivity contribution in [2.24, 2.45) is 5.10 Å². The summed E-state index contributed by atoms with van der Waals surface area (Å²) < 4.78 is 11.5. The van der Waals surface area contributed by atoms with E-state index < -0.39 is 0 Å². The number of benzene rings is 2. The van der Waals surface area contributed by atoms with Gasteiger partial charge in [-0.05, 0) is 80.0 Å². The lowest BCUT2D eigenvalue weighted by Gasteiger charge is -2.30. The Kier molecular flexibility index (Phi) is 8.75. The van der Waals surface area contributed by atoms with Gasteiger partial charge < -0.3 is 19.3 Å². The monoisotopic (exact) mass is 535 g/mol. The Morgan fingerprint density at radius 1 is 0.842 bits per heavy atom. The van der Waals surface area contributed by atoms with Crippen LogP contribution in [0.1, 0.15) is 49.7 Å². The molecule has 38 heavy (non-hydrogen) atoms. The Hall–Kier alpha value is -3.59. The van der Waals surface area contributed by atoms with E-state index in [9.17, 15) is 0 Å². The molecule has 1 N–H and O–H groups in total. The van der Waals surface area contributed by atoms with Crippen LogP contribution in [0.25, 0.3) is 0 Å². The molecular weight excluding hydrogens is 502 g/mol. The predicted molar refractivity (Wildman–Crippen MR) is 152 cm³/mol. The molecule has 0 aliphatic carbocycles. The number of hydrogen-bond donors (Lipinski definition) is 1. The van der Waals surface area contributed by atoms with Crippen LogP contribution in [0.2, 0.25) is 5.02 Å². The molecule has 0 bridgehead atoms. The second-order valence-electron chi connectivity index (χ2n) is 9.55. The maximum atomic E-state index is 6.03. The fourth-order valence-electron chi connectivity index (χ4n) is 4.67. The van der Waals surface area contributed by atoms with Crippen LogP contribution in [0.15, 0.2) is 47.6 Å². The Morgan fingerprint density at radius 3 is 2.08 bits per heavy atom. The summed E-state index contributed by atoms with van der Waals surface area (Å²) in [6.45, 7) is 4.27. The number of aromatic nitrogens is 3. The van der Waals surface area contributed by atoms with Gasteiger partial charge in [-0.15, -0.1) is 0 Å². The van der Waals surface area contributed by atoms with Crippen molar-refractivity contribution in [2.75, 3.05) is 48.5 Å². The van der Waals surface area contributed by atoms with Gasteiger partial charge >= 0.3 is 0 Å². The summed E-state index contributed by atoms with van der Waals surface area (Å²) in [4.78, 5) is 18.7. The molecule has 2 aromatic carbocycles. The third-order valence-corrected chi connectivity index (χ3v) is 7.02. The lowest BCUT2D eigenvalue weighted by Crippen LogP contribution is -2.34. The van der Waals surface area contributed by atoms with Crippen molar-refractivity contribution in [3.8, 4) is 11.5 Å². The molecule has 2 aliphatic rings. The number of hydrazone groups is 1. The SMILES string of the molecule is COc1ccc(/C=N\Nc2nc(N3CCCCC3)nc(N3CCCCC3)n2)cc1OCc1ccc(Cl)cc1. The molecule has 3 aromatic rings. The molecule has 200 valence electrons. The summed E-state index contributed by atoms with van der Waals surface area (Å²) >= 11 is 5.99. The molecule has 0 radical (unpaired) electrons. The number of ether oxygens (including phenoxy) is 2. The van der Waals surface area contributed by atoms with Gasteiger partial charge in [-0.1, -0.05) is 23.7 Å². The smallest absolute Gasteiger partial charge is 0.250 e. The zero-order valence-electron chi connectivity index (χ0n) is 21.8. The number of halogens is 1. The number of anilines is 3. The molecule has 2 saturated heterocycles. The first kappa shape index (κ1) is 26.0. The molecule has 0 unspecified atom stereocenters. The Balaban J connectivity index is 1.30. The van der Waals surface area contributed by atoms with Crippen LogP contribution in [0.4, 0.5) is 17.8 Å². The van der Waals surface area contributed by atoms with E-state index in [4.69, 9.17) is 36.0 Å². The van der Waals surface area contributed by atoms with E-state index in [1.165, 1.54) is 12.8 Å². The third-order valence-electron chi connectivity index (χ3n) is 6.76. The molecule has 2 fully saturated rings. The van der Waals surface area contributed by atoms with Gasteiger partial charge in [0.1, 0.15) is 6.61 Å². The van der Waals surface area contributed by atoms with Crippen LogP contribution in [0.3, 0.4) is 0 Å². The summed E-state index contributed by atoms with van der Waals surface area (Å²) in [5, 5.41) is 5.13. The molecule has 9 nitrogen and oxygen atoms in total. The summed E-state index contributed by atoms with van der Waals surface area (Å²) in [5.74, 6) is 3.18. The average Bonchev–Trinajstić information content (AvgIpc) is 2.98. The molecule has 0 saturated carbocycles. The summed E-state index contributed by atoms with van der Waals surface area (Å²) in [6, 6.07) is 13.3. The van der Waals surface area contributed by atoms with Gasteiger partial charge in [-0.3, -0.25) is 0 Å². The molecule has 0 atom stereocenters. The standard InChI is InChI=1S/C28H34ClN7O2/c1-37-24-13-10-22(18-25(24)38-20-21-8-11-23(29)12-9-21)19-30-34-26-31-27(35-14-4-2-5-15-35)33-28(32-26)36-16-6-3-7-17-36/h8-13,18-19H,2-7,14-17,20H2,1H3,(H,31,32,33,34)/b30-19-. The maximum absolute atomic E-state index is 6.03. The van der Waals surface area contributed by atoms with Crippen molar-refractivity contribution in [2.45, 2.75) is 45.1 Å². The second kappa shape index (κ2) is 12.8. The quantitative estimate of drug-likeness (QED) is 0.282. The largest absolute Gasteiger partial charge is 0.493 e. The molecular formula is C28H34ClN7O2. The van der Waals surface area contributed by atoms with Crippen LogP contribution < -0.4 is 24.7 Å². The highest BCUT2D eigenvalue weighted by atomic mass is 35.5. The van der Waals surface area contributed by atoms with Crippen molar-refractivity contribution in [1.29, 1.82) is 0 Å². The normalized spacial score (nSPS) is 16.1. The fourth-order valence-corrected chi connectivity index (χ4v) is 4.79. The number of hydrogen-bond acceptors (Lipinski definition) is 9. The number of nitrogens with one attached hydrogen (secondary N) is 1. The first-order valence-electron chi connectivity index (χ1n) is 13.3. The highest BCUT2D eigenvalue weighted by Crippen LogP contribution is 2.29. The summed E-state index contributed by atoms with van der Waals surface area (Å²) in [5.41, 5.74) is 4.90. The number of rotatable bonds is 9. The Labute approximate surface area is 228 Å². The Bertz CT molecular complexity index is 1190. The minimum Gasteiger partial charge on any atom is -0.493 e. The van der Waals surface area contributed by atoms with Crippen molar-refractivity contribution in [1.82, 2.24) is 15.0 Å². The molecule has 10 heteroatoms. The van der Waals surface area contributed by atoms with Gasteiger partial charge in [0.05, 0.1) is 13.3 Å². The van der Waals surface area contributed by atoms with Crippen LogP contribution in [0.5, 0.6) is 11.5 Å². The predicted octanol–water partition coefficient (Wildman–Crippen LogP) is 5.54. The van der Waals surface area contributed by atoms with Gasteiger partial charge in [0, 0.05) is 31.2 Å². The lowest BCUT2D eigenvalue weighted by atomic mass is 10.1. The molecule has 1 aromatic heterocycles.